The van der Waals surface area contributed by atoms with E-state index in [-0.39, 0.29) is 5.91 Å². The van der Waals surface area contributed by atoms with Crippen molar-refractivity contribution in [2.45, 2.75) is 19.4 Å². The van der Waals surface area contributed by atoms with Crippen molar-refractivity contribution in [3.63, 3.8) is 0 Å². The molecule has 1 aliphatic heterocycles. The number of nitrogen functional groups attached to an aromatic ring is 1. The number of nitrogens with zero attached hydrogens (tertiary/aromatic N) is 4. The van der Waals surface area contributed by atoms with Gasteiger partial charge in [-0.15, -0.1) is 0 Å². The molecule has 35 heavy (non-hydrogen) atoms. The summed E-state index contributed by atoms with van der Waals surface area (Å²) in [6.45, 7) is 3.70. The number of hydrogen-bond acceptors (Lipinski definition) is 6. The number of piperidine rings is 1. The van der Waals surface area contributed by atoms with Crippen molar-refractivity contribution in [1.82, 2.24) is 19.9 Å². The Bertz CT molecular complexity index is 1310. The van der Waals surface area contributed by atoms with Gasteiger partial charge in [-0.25, -0.2) is 9.97 Å². The molecule has 1 aliphatic rings. The van der Waals surface area contributed by atoms with Gasteiger partial charge >= 0.3 is 0 Å². The average molecular weight is 470 g/mol. The molecule has 0 atom stereocenters. The molecule has 0 saturated carbocycles. The SMILES string of the molecule is Cn1cc(CNCC2CCN(c3ncc(C(=O)Nc4ccccc4N)cn3)CC2)c2ccccc21. The Balaban J connectivity index is 1.10. The first-order chi connectivity index (χ1) is 17.1. The van der Waals surface area contributed by atoms with E-state index in [0.717, 1.165) is 39.0 Å². The van der Waals surface area contributed by atoms with Gasteiger partial charge < -0.3 is 25.8 Å². The van der Waals surface area contributed by atoms with E-state index in [1.807, 2.05) is 12.1 Å². The number of benzene rings is 2. The van der Waals surface area contributed by atoms with Crippen molar-refractivity contribution in [2.75, 3.05) is 35.6 Å². The Morgan fingerprint density at radius 2 is 1.77 bits per heavy atom. The topological polar surface area (TPSA) is 101 Å². The average Bonchev–Trinajstić information content (AvgIpc) is 3.21. The fourth-order valence-corrected chi connectivity index (χ4v) is 4.72. The molecule has 8 heteroatoms. The summed E-state index contributed by atoms with van der Waals surface area (Å²) < 4.78 is 2.19. The van der Waals surface area contributed by atoms with Gasteiger partial charge in [-0.1, -0.05) is 30.3 Å². The van der Waals surface area contributed by atoms with Crippen LogP contribution in [0.15, 0.2) is 67.1 Å². The van der Waals surface area contributed by atoms with Crippen molar-refractivity contribution in [3.8, 4) is 0 Å². The second-order valence-electron chi connectivity index (χ2n) is 9.16. The van der Waals surface area contributed by atoms with Gasteiger partial charge in [0.2, 0.25) is 5.95 Å². The first-order valence-corrected chi connectivity index (χ1v) is 12.0. The normalized spacial score (nSPS) is 14.4. The molecule has 5 rings (SSSR count). The number of nitrogens with one attached hydrogen (secondary N) is 2. The summed E-state index contributed by atoms with van der Waals surface area (Å²) in [6.07, 6.45) is 7.54. The number of carbonyl (C=O) groups excluding carboxylic acids is 1. The van der Waals surface area contributed by atoms with E-state index in [1.54, 1.807) is 24.5 Å². The first-order valence-electron chi connectivity index (χ1n) is 12.0. The molecule has 0 spiro atoms. The van der Waals surface area contributed by atoms with Crippen LogP contribution in [-0.4, -0.2) is 40.1 Å². The van der Waals surface area contributed by atoms with Crippen molar-refractivity contribution >= 4 is 34.1 Å². The number of rotatable bonds is 7. The van der Waals surface area contributed by atoms with E-state index in [2.05, 4.69) is 67.6 Å². The number of nitrogens with two attached hydrogens (primary N) is 1. The second-order valence-corrected chi connectivity index (χ2v) is 9.16. The van der Waals surface area contributed by atoms with E-state index in [0.29, 0.717) is 28.8 Å². The van der Waals surface area contributed by atoms with E-state index in [1.165, 1.54) is 16.5 Å². The predicted octanol–water partition coefficient (Wildman–Crippen LogP) is 3.81. The monoisotopic (exact) mass is 469 g/mol. The quantitative estimate of drug-likeness (QED) is 0.356. The molecule has 2 aromatic heterocycles. The lowest BCUT2D eigenvalue weighted by molar-refractivity contribution is 0.102. The Kier molecular flexibility index (Phi) is 6.63. The van der Waals surface area contributed by atoms with Crippen LogP contribution in [0.1, 0.15) is 28.8 Å². The van der Waals surface area contributed by atoms with Gasteiger partial charge in [0.15, 0.2) is 0 Å². The number of aryl methyl sites for hydroxylation is 1. The molecule has 0 radical (unpaired) electrons. The molecule has 3 heterocycles. The number of anilines is 3. The highest BCUT2D eigenvalue weighted by atomic mass is 16.1. The van der Waals surface area contributed by atoms with Gasteiger partial charge in [0, 0.05) is 56.2 Å². The van der Waals surface area contributed by atoms with Crippen molar-refractivity contribution in [1.29, 1.82) is 0 Å². The summed E-state index contributed by atoms with van der Waals surface area (Å²) in [6, 6.07) is 15.7. The maximum Gasteiger partial charge on any atom is 0.258 e. The number of aromatic nitrogens is 3. The number of carbonyl (C=O) groups is 1. The number of fused-ring (bicyclic) bond motifs is 1. The highest BCUT2D eigenvalue weighted by Gasteiger charge is 2.21. The van der Waals surface area contributed by atoms with Crippen molar-refractivity contribution in [2.24, 2.45) is 13.0 Å². The maximum absolute atomic E-state index is 12.5. The van der Waals surface area contributed by atoms with Crippen LogP contribution in [-0.2, 0) is 13.6 Å². The molecule has 8 nitrogen and oxygen atoms in total. The fourth-order valence-electron chi connectivity index (χ4n) is 4.72. The van der Waals surface area contributed by atoms with Gasteiger partial charge in [0.25, 0.3) is 5.91 Å². The fraction of sp³-hybridized carbons (Fsp3) is 0.296. The molecule has 0 bridgehead atoms. The molecule has 4 aromatic rings. The standard InChI is InChI=1S/C27H31N7O/c1-33-18-21(22-6-2-5-9-25(22)33)15-29-14-19-10-12-34(13-11-19)27-30-16-20(17-31-27)26(35)32-24-8-4-3-7-23(24)28/h2-9,16-19,29H,10-15,28H2,1H3,(H,32,35). The molecule has 2 aromatic carbocycles. The zero-order valence-corrected chi connectivity index (χ0v) is 19.9. The van der Waals surface area contributed by atoms with Crippen LogP contribution in [0.5, 0.6) is 0 Å². The number of hydrogen-bond donors (Lipinski definition) is 3. The van der Waals surface area contributed by atoms with Crippen LogP contribution in [0.25, 0.3) is 10.9 Å². The smallest absolute Gasteiger partial charge is 0.258 e. The molecule has 1 amide bonds. The Labute approximate surface area is 205 Å². The zero-order chi connectivity index (χ0) is 24.2. The minimum atomic E-state index is -0.273. The second kappa shape index (κ2) is 10.1. The van der Waals surface area contributed by atoms with Crippen LogP contribution >= 0.6 is 0 Å². The van der Waals surface area contributed by atoms with Crippen LogP contribution in [0.2, 0.25) is 0 Å². The van der Waals surface area contributed by atoms with Gasteiger partial charge in [0.05, 0.1) is 16.9 Å². The molecular weight excluding hydrogens is 438 g/mol. The largest absolute Gasteiger partial charge is 0.397 e. The van der Waals surface area contributed by atoms with Crippen molar-refractivity contribution in [3.05, 3.63) is 78.2 Å². The van der Waals surface area contributed by atoms with Crippen LogP contribution in [0.4, 0.5) is 17.3 Å². The Hall–Kier alpha value is -3.91. The van der Waals surface area contributed by atoms with Gasteiger partial charge in [-0.2, -0.15) is 0 Å². The lowest BCUT2D eigenvalue weighted by Crippen LogP contribution is -2.38. The molecule has 4 N–H and O–H groups in total. The molecular formula is C27H31N7O. The zero-order valence-electron chi connectivity index (χ0n) is 19.9. The van der Waals surface area contributed by atoms with Gasteiger partial charge in [-0.05, 0) is 49.1 Å². The minimum Gasteiger partial charge on any atom is -0.397 e. The Morgan fingerprint density at radius 1 is 1.06 bits per heavy atom. The summed E-state index contributed by atoms with van der Waals surface area (Å²) in [4.78, 5) is 23.6. The number of amides is 1. The lowest BCUT2D eigenvalue weighted by atomic mass is 9.97. The molecule has 1 saturated heterocycles. The Morgan fingerprint density at radius 3 is 2.54 bits per heavy atom. The van der Waals surface area contributed by atoms with Gasteiger partial charge in [0.1, 0.15) is 0 Å². The van der Waals surface area contributed by atoms with Crippen LogP contribution in [0.3, 0.4) is 0 Å². The third-order valence-corrected chi connectivity index (χ3v) is 6.73. The third kappa shape index (κ3) is 5.12. The summed E-state index contributed by atoms with van der Waals surface area (Å²) in [5.74, 6) is 1.02. The number of para-hydroxylation sites is 3. The molecule has 1 fully saturated rings. The summed E-state index contributed by atoms with van der Waals surface area (Å²) in [7, 11) is 2.10. The van der Waals surface area contributed by atoms with E-state index < -0.39 is 0 Å². The van der Waals surface area contributed by atoms with E-state index in [4.69, 9.17) is 5.73 Å². The van der Waals surface area contributed by atoms with Crippen molar-refractivity contribution < 1.29 is 4.79 Å². The van der Waals surface area contributed by atoms with E-state index in [9.17, 15) is 4.79 Å². The maximum atomic E-state index is 12.5. The summed E-state index contributed by atoms with van der Waals surface area (Å²) in [5, 5.41) is 7.79. The summed E-state index contributed by atoms with van der Waals surface area (Å²) >= 11 is 0. The molecule has 0 unspecified atom stereocenters. The van der Waals surface area contributed by atoms with Crippen LogP contribution in [0, 0.1) is 5.92 Å². The minimum absolute atomic E-state index is 0.273. The molecule has 0 aliphatic carbocycles. The van der Waals surface area contributed by atoms with E-state index >= 15 is 0 Å². The van der Waals surface area contributed by atoms with Gasteiger partial charge in [-0.3, -0.25) is 4.79 Å². The van der Waals surface area contributed by atoms with Crippen LogP contribution < -0.4 is 21.3 Å². The third-order valence-electron chi connectivity index (χ3n) is 6.73. The lowest BCUT2D eigenvalue weighted by Gasteiger charge is -2.32. The summed E-state index contributed by atoms with van der Waals surface area (Å²) in [5.41, 5.74) is 10.0. The first kappa shape index (κ1) is 22.9. The molecule has 180 valence electrons. The highest BCUT2D eigenvalue weighted by molar-refractivity contribution is 6.05. The highest BCUT2D eigenvalue weighted by Crippen LogP contribution is 2.23. The predicted molar refractivity (Wildman–Crippen MR) is 140 cm³/mol.